The maximum absolute atomic E-state index is 13.2. The van der Waals surface area contributed by atoms with Gasteiger partial charge in [-0.05, 0) is 36.4 Å². The summed E-state index contributed by atoms with van der Waals surface area (Å²) in [5.74, 6) is -0.000113. The molecular weight excluding hydrogens is 392 g/mol. The van der Waals surface area contributed by atoms with Crippen LogP contribution in [-0.2, 0) is 9.84 Å². The van der Waals surface area contributed by atoms with E-state index in [1.807, 2.05) is 30.3 Å². The van der Waals surface area contributed by atoms with Crippen molar-refractivity contribution in [2.45, 2.75) is 14.7 Å². The zero-order valence-electron chi connectivity index (χ0n) is 15.0. The molecule has 0 unspecified atom stereocenters. The standard InChI is InChI=1S/C21H20N2O3S2/c22-21(24)17-10-4-6-12-19(17)28(25,26)20-13-7-5-11-18(20)23-14-15-27-16-8-2-1-3-9-16/h1-13,23H,14-15H2,(H2,22,24). The van der Waals surface area contributed by atoms with Gasteiger partial charge >= 0.3 is 0 Å². The quantitative estimate of drug-likeness (QED) is 0.434. The normalized spacial score (nSPS) is 11.1. The predicted octanol–water partition coefficient (Wildman–Crippen LogP) is 3.82. The van der Waals surface area contributed by atoms with Crippen molar-refractivity contribution in [3.8, 4) is 0 Å². The Labute approximate surface area is 168 Å². The summed E-state index contributed by atoms with van der Waals surface area (Å²) < 4.78 is 26.4. The molecule has 3 aromatic carbocycles. The van der Waals surface area contributed by atoms with Crippen LogP contribution in [0.15, 0.2) is 93.5 Å². The number of carbonyl (C=O) groups excluding carboxylic acids is 1. The largest absolute Gasteiger partial charge is 0.383 e. The summed E-state index contributed by atoms with van der Waals surface area (Å²) in [6, 6.07) is 22.6. The van der Waals surface area contributed by atoms with Crippen molar-refractivity contribution < 1.29 is 13.2 Å². The first-order valence-corrected chi connectivity index (χ1v) is 11.1. The lowest BCUT2D eigenvalue weighted by molar-refractivity contribution is 0.0997. The highest BCUT2D eigenvalue weighted by Gasteiger charge is 2.25. The second kappa shape index (κ2) is 8.95. The number of rotatable bonds is 8. The average molecular weight is 413 g/mol. The molecule has 3 rings (SSSR count). The van der Waals surface area contributed by atoms with Crippen LogP contribution in [0.5, 0.6) is 0 Å². The molecule has 0 fully saturated rings. The van der Waals surface area contributed by atoms with Crippen molar-refractivity contribution in [3.05, 3.63) is 84.4 Å². The van der Waals surface area contributed by atoms with Gasteiger partial charge in [0.15, 0.2) is 0 Å². The highest BCUT2D eigenvalue weighted by molar-refractivity contribution is 7.99. The van der Waals surface area contributed by atoms with Crippen LogP contribution in [0.2, 0.25) is 0 Å². The molecule has 0 saturated heterocycles. The minimum atomic E-state index is -3.90. The molecule has 28 heavy (non-hydrogen) atoms. The number of amides is 1. The van der Waals surface area contributed by atoms with E-state index >= 15 is 0 Å². The molecule has 3 aromatic rings. The van der Waals surface area contributed by atoms with Gasteiger partial charge in [-0.15, -0.1) is 11.8 Å². The molecule has 0 spiro atoms. The first kappa shape index (κ1) is 20.0. The number of nitrogens with two attached hydrogens (primary N) is 1. The molecule has 0 bridgehead atoms. The van der Waals surface area contributed by atoms with Crippen LogP contribution in [0.25, 0.3) is 0 Å². The number of carbonyl (C=O) groups is 1. The molecule has 1 amide bonds. The summed E-state index contributed by atoms with van der Waals surface area (Å²) >= 11 is 1.68. The van der Waals surface area contributed by atoms with Crippen molar-refractivity contribution >= 4 is 33.2 Å². The number of sulfone groups is 1. The van der Waals surface area contributed by atoms with Crippen LogP contribution in [-0.4, -0.2) is 26.6 Å². The van der Waals surface area contributed by atoms with Gasteiger partial charge in [-0.25, -0.2) is 8.42 Å². The van der Waals surface area contributed by atoms with E-state index in [9.17, 15) is 13.2 Å². The van der Waals surface area contributed by atoms with Crippen LogP contribution in [0.1, 0.15) is 10.4 Å². The fourth-order valence-electron chi connectivity index (χ4n) is 2.74. The smallest absolute Gasteiger partial charge is 0.250 e. The van der Waals surface area contributed by atoms with Crippen molar-refractivity contribution in [2.24, 2.45) is 5.73 Å². The van der Waals surface area contributed by atoms with Gasteiger partial charge in [0.1, 0.15) is 0 Å². The Hall–Kier alpha value is -2.77. The minimum Gasteiger partial charge on any atom is -0.383 e. The molecule has 0 aliphatic heterocycles. The molecule has 0 radical (unpaired) electrons. The Morgan fingerprint density at radius 2 is 1.46 bits per heavy atom. The van der Waals surface area contributed by atoms with E-state index in [4.69, 9.17) is 5.73 Å². The Morgan fingerprint density at radius 1 is 0.857 bits per heavy atom. The third-order valence-electron chi connectivity index (χ3n) is 4.05. The Balaban J connectivity index is 1.81. The molecule has 0 aliphatic rings. The lowest BCUT2D eigenvalue weighted by Gasteiger charge is -2.14. The van der Waals surface area contributed by atoms with Crippen LogP contribution in [0, 0.1) is 0 Å². The highest BCUT2D eigenvalue weighted by Crippen LogP contribution is 2.29. The predicted molar refractivity (Wildman–Crippen MR) is 113 cm³/mol. The van der Waals surface area contributed by atoms with E-state index in [1.165, 1.54) is 18.2 Å². The summed E-state index contributed by atoms with van der Waals surface area (Å²) in [5, 5.41) is 3.19. The number of nitrogens with one attached hydrogen (secondary N) is 1. The first-order chi connectivity index (χ1) is 13.5. The summed E-state index contributed by atoms with van der Waals surface area (Å²) in [5.41, 5.74) is 5.84. The van der Waals surface area contributed by atoms with Crippen LogP contribution in [0.4, 0.5) is 5.69 Å². The molecule has 0 atom stereocenters. The van der Waals surface area contributed by atoms with Gasteiger partial charge in [-0.3, -0.25) is 4.79 Å². The molecule has 0 aromatic heterocycles. The Bertz CT molecular complexity index is 1070. The van der Waals surface area contributed by atoms with Crippen LogP contribution in [0.3, 0.4) is 0 Å². The molecule has 0 saturated carbocycles. The highest BCUT2D eigenvalue weighted by atomic mass is 32.2. The zero-order chi connectivity index (χ0) is 20.0. The van der Waals surface area contributed by atoms with Gasteiger partial charge < -0.3 is 11.1 Å². The number of benzene rings is 3. The molecular formula is C21H20N2O3S2. The van der Waals surface area contributed by atoms with Gasteiger partial charge in [0.05, 0.1) is 21.0 Å². The minimum absolute atomic E-state index is 0.0167. The molecule has 3 N–H and O–H groups in total. The number of anilines is 1. The van der Waals surface area contributed by atoms with Gasteiger partial charge in [0.25, 0.3) is 0 Å². The lowest BCUT2D eigenvalue weighted by atomic mass is 10.2. The average Bonchev–Trinajstić information content (AvgIpc) is 2.72. The van der Waals surface area contributed by atoms with E-state index in [2.05, 4.69) is 5.32 Å². The van der Waals surface area contributed by atoms with Crippen molar-refractivity contribution in [3.63, 3.8) is 0 Å². The van der Waals surface area contributed by atoms with Crippen molar-refractivity contribution in [1.29, 1.82) is 0 Å². The molecule has 7 heteroatoms. The van der Waals surface area contributed by atoms with Crippen LogP contribution >= 0.6 is 11.8 Å². The summed E-state index contributed by atoms with van der Waals surface area (Å²) in [6.07, 6.45) is 0. The van der Waals surface area contributed by atoms with Gasteiger partial charge in [-0.2, -0.15) is 0 Å². The van der Waals surface area contributed by atoms with Crippen molar-refractivity contribution in [1.82, 2.24) is 0 Å². The van der Waals surface area contributed by atoms with E-state index in [0.717, 1.165) is 10.6 Å². The maximum atomic E-state index is 13.2. The fourth-order valence-corrected chi connectivity index (χ4v) is 5.17. The number of para-hydroxylation sites is 1. The number of thioether (sulfide) groups is 1. The number of primary amides is 1. The first-order valence-electron chi connectivity index (χ1n) is 8.65. The van der Waals surface area contributed by atoms with Crippen molar-refractivity contribution in [2.75, 3.05) is 17.6 Å². The molecule has 0 aliphatic carbocycles. The third kappa shape index (κ3) is 4.55. The zero-order valence-corrected chi connectivity index (χ0v) is 16.7. The SMILES string of the molecule is NC(=O)c1ccccc1S(=O)(=O)c1ccccc1NCCSc1ccccc1. The molecule has 0 heterocycles. The van der Waals surface area contributed by atoms with Gasteiger partial charge in [0.2, 0.25) is 15.7 Å². The van der Waals surface area contributed by atoms with Gasteiger partial charge in [-0.1, -0.05) is 42.5 Å². The summed E-state index contributed by atoms with van der Waals surface area (Å²) in [6.45, 7) is 0.587. The Morgan fingerprint density at radius 3 is 2.18 bits per heavy atom. The monoisotopic (exact) mass is 412 g/mol. The Kier molecular flexibility index (Phi) is 6.38. The van der Waals surface area contributed by atoms with Gasteiger partial charge in [0, 0.05) is 17.2 Å². The summed E-state index contributed by atoms with van der Waals surface area (Å²) in [4.78, 5) is 12.9. The molecule has 5 nitrogen and oxygen atoms in total. The third-order valence-corrected chi connectivity index (χ3v) is 6.93. The second-order valence-corrected chi connectivity index (χ2v) is 9.00. The fraction of sp³-hybridized carbons (Fsp3) is 0.0952. The van der Waals surface area contributed by atoms with E-state index in [-0.39, 0.29) is 15.4 Å². The second-order valence-electron chi connectivity index (χ2n) is 5.95. The van der Waals surface area contributed by atoms with E-state index in [0.29, 0.717) is 12.2 Å². The summed E-state index contributed by atoms with van der Waals surface area (Å²) in [7, 11) is -3.90. The maximum Gasteiger partial charge on any atom is 0.250 e. The number of hydrogen-bond acceptors (Lipinski definition) is 5. The van der Waals surface area contributed by atoms with E-state index < -0.39 is 15.7 Å². The lowest BCUT2D eigenvalue weighted by Crippen LogP contribution is -2.17. The number of hydrogen-bond donors (Lipinski definition) is 2. The molecule has 144 valence electrons. The van der Waals surface area contributed by atoms with Crippen LogP contribution < -0.4 is 11.1 Å². The topological polar surface area (TPSA) is 89.3 Å². The van der Waals surface area contributed by atoms with E-state index in [1.54, 1.807) is 42.1 Å².